The predicted molar refractivity (Wildman–Crippen MR) is 72.0 cm³/mol. The number of hydrogen-bond acceptors (Lipinski definition) is 4. The molecule has 0 N–H and O–H groups in total. The number of alkyl halides is 3. The van der Waals surface area contributed by atoms with Gasteiger partial charge < -0.3 is 0 Å². The third kappa shape index (κ3) is 3.44. The summed E-state index contributed by atoms with van der Waals surface area (Å²) in [6.07, 6.45) is -1.71. The smallest absolute Gasteiger partial charge is 0.273 e. The molecule has 0 spiro atoms. The lowest BCUT2D eigenvalue weighted by atomic mass is 10.3. The van der Waals surface area contributed by atoms with Crippen LogP contribution in [0.1, 0.15) is 35.1 Å². The average Bonchev–Trinajstić information content (AvgIpc) is 2.87. The van der Waals surface area contributed by atoms with E-state index in [0.717, 1.165) is 17.8 Å². The molecule has 4 nitrogen and oxygen atoms in total. The molecule has 0 bridgehead atoms. The highest BCUT2D eigenvalue weighted by Gasteiger charge is 2.34. The highest BCUT2D eigenvalue weighted by Crippen LogP contribution is 2.40. The maximum atomic E-state index is 12.9. The van der Waals surface area contributed by atoms with Gasteiger partial charge in [-0.3, -0.25) is 4.79 Å². The van der Waals surface area contributed by atoms with Gasteiger partial charge in [0.1, 0.15) is 5.03 Å². The minimum atomic E-state index is -4.46. The molecule has 0 saturated carbocycles. The average molecular weight is 315 g/mol. The molecule has 0 unspecified atom stereocenters. The number of hydrogen-bond donors (Lipinski definition) is 0. The highest BCUT2D eigenvalue weighted by molar-refractivity contribution is 7.99. The fourth-order valence-electron chi connectivity index (χ4n) is 1.81. The van der Waals surface area contributed by atoms with E-state index in [0.29, 0.717) is 5.69 Å². The molecule has 0 amide bonds. The Labute approximate surface area is 123 Å². The van der Waals surface area contributed by atoms with Crippen molar-refractivity contribution in [1.29, 1.82) is 0 Å². The number of nitrogens with zero attached hydrogens (tertiary/aromatic N) is 3. The Morgan fingerprint density at radius 2 is 2.05 bits per heavy atom. The molecule has 1 atom stereocenters. The minimum Gasteiger partial charge on any atom is -0.273 e. The number of carbonyl (C=O) groups is 1. The van der Waals surface area contributed by atoms with E-state index in [1.165, 1.54) is 30.1 Å². The lowest BCUT2D eigenvalue weighted by molar-refractivity contribution is -0.140. The van der Waals surface area contributed by atoms with Crippen LogP contribution in [0.5, 0.6) is 0 Å². The molecule has 112 valence electrons. The quantitative estimate of drug-likeness (QED) is 0.808. The fraction of sp³-hybridized carbons (Fsp3) is 0.308. The van der Waals surface area contributed by atoms with E-state index in [2.05, 4.69) is 10.1 Å². The topological polar surface area (TPSA) is 47.8 Å². The number of rotatable bonds is 3. The molecule has 0 aliphatic heterocycles. The largest absolute Gasteiger partial charge is 0.419 e. The summed E-state index contributed by atoms with van der Waals surface area (Å²) in [5.41, 5.74) is -0.248. The van der Waals surface area contributed by atoms with Crippen molar-refractivity contribution in [1.82, 2.24) is 14.8 Å². The van der Waals surface area contributed by atoms with E-state index < -0.39 is 17.0 Å². The first-order valence-electron chi connectivity index (χ1n) is 6.04. The van der Waals surface area contributed by atoms with E-state index in [1.807, 2.05) is 0 Å². The van der Waals surface area contributed by atoms with Gasteiger partial charge in [0.2, 0.25) is 5.91 Å². The Kier molecular flexibility index (Phi) is 4.36. The molecule has 0 aliphatic rings. The van der Waals surface area contributed by atoms with Crippen molar-refractivity contribution in [2.24, 2.45) is 0 Å². The summed E-state index contributed by atoms with van der Waals surface area (Å²) in [6.45, 7) is 3.05. The molecule has 8 heteroatoms. The van der Waals surface area contributed by atoms with Gasteiger partial charge in [0.25, 0.3) is 0 Å². The monoisotopic (exact) mass is 315 g/mol. The molecule has 0 aliphatic carbocycles. The molecular weight excluding hydrogens is 303 g/mol. The van der Waals surface area contributed by atoms with Crippen molar-refractivity contribution < 1.29 is 18.0 Å². The third-order valence-electron chi connectivity index (χ3n) is 2.75. The molecule has 2 rings (SSSR count). The Morgan fingerprint density at radius 1 is 1.33 bits per heavy atom. The number of pyridine rings is 1. The van der Waals surface area contributed by atoms with Crippen LogP contribution in [0.25, 0.3) is 0 Å². The van der Waals surface area contributed by atoms with Crippen LogP contribution < -0.4 is 0 Å². The summed E-state index contributed by atoms with van der Waals surface area (Å²) in [7, 11) is 0. The second kappa shape index (κ2) is 5.88. The number of halogens is 3. The summed E-state index contributed by atoms with van der Waals surface area (Å²) in [5.74, 6) is -0.292. The van der Waals surface area contributed by atoms with E-state index in [9.17, 15) is 18.0 Å². The van der Waals surface area contributed by atoms with Crippen LogP contribution in [-0.2, 0) is 6.18 Å². The van der Waals surface area contributed by atoms with Crippen LogP contribution in [0, 0.1) is 0 Å². The zero-order chi connectivity index (χ0) is 15.6. The van der Waals surface area contributed by atoms with Crippen molar-refractivity contribution in [3.63, 3.8) is 0 Å². The standard InChI is InChI=1S/C13H12F3N3OS/c1-8(11-5-7-18-19(11)9(2)20)21-12-10(13(14,15)16)4-3-6-17-12/h3-8H,1-2H3/t8-/m1/s1. The SMILES string of the molecule is CC(=O)n1nccc1[C@@H](C)Sc1ncccc1C(F)(F)F. The summed E-state index contributed by atoms with van der Waals surface area (Å²) >= 11 is 0.942. The first kappa shape index (κ1) is 15.6. The van der Waals surface area contributed by atoms with E-state index in [-0.39, 0.29) is 10.9 Å². The molecule has 0 radical (unpaired) electrons. The van der Waals surface area contributed by atoms with Gasteiger partial charge in [0.15, 0.2) is 0 Å². The van der Waals surface area contributed by atoms with Gasteiger partial charge >= 0.3 is 6.18 Å². The molecule has 0 fully saturated rings. The van der Waals surface area contributed by atoms with Crippen LogP contribution in [0.2, 0.25) is 0 Å². The Morgan fingerprint density at radius 3 is 2.67 bits per heavy atom. The Hall–Kier alpha value is -1.83. The van der Waals surface area contributed by atoms with E-state index >= 15 is 0 Å². The van der Waals surface area contributed by atoms with Crippen molar-refractivity contribution in [3.8, 4) is 0 Å². The molecule has 2 aromatic rings. The van der Waals surface area contributed by atoms with Crippen LogP contribution in [0.4, 0.5) is 13.2 Å². The molecule has 21 heavy (non-hydrogen) atoms. The lowest BCUT2D eigenvalue weighted by Crippen LogP contribution is -2.13. The fourth-order valence-corrected chi connectivity index (χ4v) is 2.88. The zero-order valence-corrected chi connectivity index (χ0v) is 12.1. The maximum absolute atomic E-state index is 12.9. The van der Waals surface area contributed by atoms with Gasteiger partial charge in [0.05, 0.1) is 16.5 Å². The van der Waals surface area contributed by atoms with Crippen LogP contribution >= 0.6 is 11.8 Å². The molecule has 0 saturated heterocycles. The van der Waals surface area contributed by atoms with Gasteiger partial charge in [-0.1, -0.05) is 11.8 Å². The van der Waals surface area contributed by atoms with Crippen molar-refractivity contribution in [2.75, 3.05) is 0 Å². The van der Waals surface area contributed by atoms with Gasteiger partial charge in [-0.25, -0.2) is 9.67 Å². The normalized spacial score (nSPS) is 13.2. The lowest BCUT2D eigenvalue weighted by Gasteiger charge is -2.15. The molecule has 2 aromatic heterocycles. The molecular formula is C13H12F3N3OS. The number of thioether (sulfide) groups is 1. The predicted octanol–water partition coefficient (Wildman–Crippen LogP) is 3.81. The van der Waals surface area contributed by atoms with Crippen LogP contribution in [-0.4, -0.2) is 20.7 Å². The molecule has 0 aromatic carbocycles. The highest BCUT2D eigenvalue weighted by atomic mass is 32.2. The van der Waals surface area contributed by atoms with Gasteiger partial charge in [-0.15, -0.1) is 0 Å². The van der Waals surface area contributed by atoms with Crippen molar-refractivity contribution in [2.45, 2.75) is 30.3 Å². The van der Waals surface area contributed by atoms with Gasteiger partial charge in [-0.2, -0.15) is 18.3 Å². The number of carbonyl (C=O) groups excluding carboxylic acids is 1. The van der Waals surface area contributed by atoms with Crippen molar-refractivity contribution >= 4 is 17.7 Å². The summed E-state index contributed by atoms with van der Waals surface area (Å²) in [5, 5.41) is 3.35. The minimum absolute atomic E-state index is 0.117. The first-order valence-corrected chi connectivity index (χ1v) is 6.92. The third-order valence-corrected chi connectivity index (χ3v) is 3.90. The Bertz CT molecular complexity index is 654. The van der Waals surface area contributed by atoms with Crippen molar-refractivity contribution in [3.05, 3.63) is 41.9 Å². The van der Waals surface area contributed by atoms with Crippen LogP contribution in [0.3, 0.4) is 0 Å². The van der Waals surface area contributed by atoms with E-state index in [4.69, 9.17) is 0 Å². The Balaban J connectivity index is 2.30. The van der Waals surface area contributed by atoms with E-state index in [1.54, 1.807) is 13.0 Å². The molecule has 2 heterocycles. The second-order valence-corrected chi connectivity index (χ2v) is 5.63. The van der Waals surface area contributed by atoms with Crippen LogP contribution in [0.15, 0.2) is 35.6 Å². The second-order valence-electron chi connectivity index (χ2n) is 4.30. The summed E-state index contributed by atoms with van der Waals surface area (Å²) < 4.78 is 39.9. The number of aromatic nitrogens is 3. The maximum Gasteiger partial charge on any atom is 0.419 e. The summed E-state index contributed by atoms with van der Waals surface area (Å²) in [4.78, 5) is 15.2. The van der Waals surface area contributed by atoms with Gasteiger partial charge in [-0.05, 0) is 25.1 Å². The first-order chi connectivity index (χ1) is 9.80. The summed E-state index contributed by atoms with van der Waals surface area (Å²) in [6, 6.07) is 3.84. The zero-order valence-electron chi connectivity index (χ0n) is 11.3. The van der Waals surface area contributed by atoms with Gasteiger partial charge in [0, 0.05) is 19.3 Å².